The number of carbonyl (C=O) groups is 2. The van der Waals surface area contributed by atoms with Gasteiger partial charge in [0, 0.05) is 12.0 Å². The fraction of sp³-hybridized carbons (Fsp3) is 0.385. The van der Waals surface area contributed by atoms with Crippen molar-refractivity contribution in [2.24, 2.45) is 0 Å². The van der Waals surface area contributed by atoms with Crippen molar-refractivity contribution in [2.45, 2.75) is 25.5 Å². The SMILES string of the molecule is Cc1ccccc1C(=O)N1CC2CC1C(=O)O2. The summed E-state index contributed by atoms with van der Waals surface area (Å²) in [5.74, 6) is -0.324. The molecule has 2 heterocycles. The van der Waals surface area contributed by atoms with Crippen molar-refractivity contribution in [3.63, 3.8) is 0 Å². The summed E-state index contributed by atoms with van der Waals surface area (Å²) in [4.78, 5) is 25.4. The van der Waals surface area contributed by atoms with E-state index in [-0.39, 0.29) is 24.0 Å². The Balaban J connectivity index is 1.89. The minimum absolute atomic E-state index is 0.0627. The van der Waals surface area contributed by atoms with Crippen LogP contribution in [0.25, 0.3) is 0 Å². The minimum atomic E-state index is -0.368. The molecule has 1 amide bonds. The highest BCUT2D eigenvalue weighted by Crippen LogP contribution is 2.30. The molecule has 2 fully saturated rings. The van der Waals surface area contributed by atoms with Gasteiger partial charge in [0.15, 0.2) is 0 Å². The van der Waals surface area contributed by atoms with Crippen LogP contribution in [0.2, 0.25) is 0 Å². The Kier molecular flexibility index (Phi) is 2.18. The van der Waals surface area contributed by atoms with Gasteiger partial charge in [0.05, 0.1) is 6.54 Å². The van der Waals surface area contributed by atoms with Crippen molar-refractivity contribution in [3.8, 4) is 0 Å². The predicted molar refractivity (Wildman–Crippen MR) is 60.5 cm³/mol. The number of nitrogens with zero attached hydrogens (tertiary/aromatic N) is 1. The van der Waals surface area contributed by atoms with Gasteiger partial charge in [-0.25, -0.2) is 4.79 Å². The van der Waals surface area contributed by atoms with Crippen molar-refractivity contribution in [2.75, 3.05) is 6.54 Å². The zero-order valence-electron chi connectivity index (χ0n) is 9.55. The van der Waals surface area contributed by atoms with Crippen LogP contribution < -0.4 is 0 Å². The fourth-order valence-corrected chi connectivity index (χ4v) is 2.54. The topological polar surface area (TPSA) is 46.6 Å². The third kappa shape index (κ3) is 1.52. The monoisotopic (exact) mass is 231 g/mol. The summed E-state index contributed by atoms with van der Waals surface area (Å²) in [6.45, 7) is 2.43. The average molecular weight is 231 g/mol. The molecule has 1 aromatic rings. The molecule has 4 heteroatoms. The van der Waals surface area contributed by atoms with Gasteiger partial charge in [0.2, 0.25) is 0 Å². The van der Waals surface area contributed by atoms with Gasteiger partial charge in [0.1, 0.15) is 12.1 Å². The first kappa shape index (κ1) is 10.3. The number of fused-ring (bicyclic) bond motifs is 2. The Hall–Kier alpha value is -1.84. The van der Waals surface area contributed by atoms with E-state index in [0.29, 0.717) is 18.5 Å². The molecule has 2 saturated heterocycles. The van der Waals surface area contributed by atoms with Gasteiger partial charge >= 0.3 is 5.97 Å². The number of morpholine rings is 1. The Labute approximate surface area is 99.2 Å². The number of rotatable bonds is 1. The number of likely N-dealkylation sites (tertiary alicyclic amines) is 1. The zero-order chi connectivity index (χ0) is 12.0. The molecular formula is C13H13NO3. The maximum Gasteiger partial charge on any atom is 0.329 e. The van der Waals surface area contributed by atoms with Crippen LogP contribution in [-0.4, -0.2) is 35.5 Å². The third-order valence-electron chi connectivity index (χ3n) is 3.45. The first-order valence-corrected chi connectivity index (χ1v) is 5.74. The molecular weight excluding hydrogens is 218 g/mol. The Morgan fingerprint density at radius 2 is 2.18 bits per heavy atom. The summed E-state index contributed by atoms with van der Waals surface area (Å²) >= 11 is 0. The van der Waals surface area contributed by atoms with Crippen LogP contribution in [0.5, 0.6) is 0 Å². The molecule has 0 spiro atoms. The molecule has 0 saturated carbocycles. The number of ether oxygens (including phenoxy) is 1. The molecule has 3 rings (SSSR count). The van der Waals surface area contributed by atoms with Crippen LogP contribution in [0.15, 0.2) is 24.3 Å². The molecule has 0 radical (unpaired) electrons. The lowest BCUT2D eigenvalue weighted by Crippen LogP contribution is -2.44. The van der Waals surface area contributed by atoms with Gasteiger partial charge in [-0.2, -0.15) is 0 Å². The predicted octanol–water partition coefficient (Wildman–Crippen LogP) is 1.13. The first-order valence-electron chi connectivity index (χ1n) is 5.74. The van der Waals surface area contributed by atoms with Crippen LogP contribution in [0.3, 0.4) is 0 Å². The van der Waals surface area contributed by atoms with Gasteiger partial charge in [-0.1, -0.05) is 18.2 Å². The zero-order valence-corrected chi connectivity index (χ0v) is 9.55. The van der Waals surface area contributed by atoms with Crippen LogP contribution in [0, 0.1) is 6.92 Å². The van der Waals surface area contributed by atoms with Gasteiger partial charge in [-0.15, -0.1) is 0 Å². The van der Waals surface area contributed by atoms with Crippen LogP contribution in [0.4, 0.5) is 0 Å². The van der Waals surface area contributed by atoms with E-state index in [2.05, 4.69) is 0 Å². The van der Waals surface area contributed by atoms with Gasteiger partial charge in [-0.3, -0.25) is 4.79 Å². The van der Waals surface area contributed by atoms with E-state index in [1.807, 2.05) is 25.1 Å². The number of benzene rings is 1. The lowest BCUT2D eigenvalue weighted by molar-refractivity contribution is -0.149. The highest BCUT2D eigenvalue weighted by Gasteiger charge is 2.48. The fourth-order valence-electron chi connectivity index (χ4n) is 2.54. The van der Waals surface area contributed by atoms with E-state index in [4.69, 9.17) is 4.74 Å². The quantitative estimate of drug-likeness (QED) is 0.681. The summed E-state index contributed by atoms with van der Waals surface area (Å²) < 4.78 is 5.07. The molecule has 2 unspecified atom stereocenters. The normalized spacial score (nSPS) is 26.2. The highest BCUT2D eigenvalue weighted by molar-refractivity contribution is 5.99. The molecule has 88 valence electrons. The molecule has 2 aliphatic heterocycles. The second-order valence-corrected chi connectivity index (χ2v) is 4.58. The largest absolute Gasteiger partial charge is 0.459 e. The lowest BCUT2D eigenvalue weighted by atomic mass is 10.1. The van der Waals surface area contributed by atoms with Crippen molar-refractivity contribution in [3.05, 3.63) is 35.4 Å². The number of aryl methyl sites for hydroxylation is 1. The van der Waals surface area contributed by atoms with E-state index < -0.39 is 0 Å². The van der Waals surface area contributed by atoms with Crippen molar-refractivity contribution in [1.82, 2.24) is 4.90 Å². The number of esters is 1. The number of amides is 1. The molecule has 2 atom stereocenters. The summed E-state index contributed by atoms with van der Waals surface area (Å²) in [7, 11) is 0. The molecule has 0 N–H and O–H groups in total. The first-order chi connectivity index (χ1) is 8.16. The van der Waals surface area contributed by atoms with Gasteiger partial charge in [0.25, 0.3) is 5.91 Å². The second kappa shape index (κ2) is 3.58. The Morgan fingerprint density at radius 1 is 1.41 bits per heavy atom. The molecule has 4 nitrogen and oxygen atoms in total. The highest BCUT2D eigenvalue weighted by atomic mass is 16.6. The minimum Gasteiger partial charge on any atom is -0.459 e. The number of hydrogen-bond acceptors (Lipinski definition) is 3. The molecule has 0 aromatic heterocycles. The maximum absolute atomic E-state index is 12.3. The Morgan fingerprint density at radius 3 is 2.82 bits per heavy atom. The van der Waals surface area contributed by atoms with Crippen LogP contribution >= 0.6 is 0 Å². The molecule has 0 aliphatic carbocycles. The summed E-state index contributed by atoms with van der Waals surface area (Å²) in [5.41, 5.74) is 1.61. The van der Waals surface area contributed by atoms with Gasteiger partial charge < -0.3 is 9.64 Å². The molecule has 2 bridgehead atoms. The van der Waals surface area contributed by atoms with E-state index in [1.54, 1.807) is 11.0 Å². The van der Waals surface area contributed by atoms with Gasteiger partial charge in [-0.05, 0) is 18.6 Å². The molecule has 1 aromatic carbocycles. The van der Waals surface area contributed by atoms with E-state index >= 15 is 0 Å². The van der Waals surface area contributed by atoms with Crippen molar-refractivity contribution in [1.29, 1.82) is 0 Å². The van der Waals surface area contributed by atoms with Crippen LogP contribution in [0.1, 0.15) is 22.3 Å². The third-order valence-corrected chi connectivity index (χ3v) is 3.45. The Bertz CT molecular complexity index is 497. The lowest BCUT2D eigenvalue weighted by Gasteiger charge is -2.26. The summed E-state index contributed by atoms with van der Waals surface area (Å²) in [6.07, 6.45) is 0.552. The number of hydrogen-bond donors (Lipinski definition) is 0. The standard InChI is InChI=1S/C13H13NO3/c1-8-4-2-3-5-10(8)12(15)14-7-9-6-11(14)13(16)17-9/h2-5,9,11H,6-7H2,1H3. The summed E-state index contributed by atoms with van der Waals surface area (Å²) in [5, 5.41) is 0. The smallest absolute Gasteiger partial charge is 0.329 e. The van der Waals surface area contributed by atoms with Crippen molar-refractivity contribution >= 4 is 11.9 Å². The molecule has 2 aliphatic rings. The van der Waals surface area contributed by atoms with E-state index in [9.17, 15) is 9.59 Å². The second-order valence-electron chi connectivity index (χ2n) is 4.58. The van der Waals surface area contributed by atoms with E-state index in [1.165, 1.54) is 0 Å². The number of carbonyl (C=O) groups excluding carboxylic acids is 2. The van der Waals surface area contributed by atoms with E-state index in [0.717, 1.165) is 5.56 Å². The van der Waals surface area contributed by atoms with Crippen molar-refractivity contribution < 1.29 is 14.3 Å². The molecule has 17 heavy (non-hydrogen) atoms. The average Bonchev–Trinajstić information content (AvgIpc) is 2.87. The van der Waals surface area contributed by atoms with Crippen LogP contribution in [-0.2, 0) is 9.53 Å². The summed E-state index contributed by atoms with van der Waals surface area (Å²) in [6, 6.07) is 7.07. The maximum atomic E-state index is 12.3.